The number of benzene rings is 3. The van der Waals surface area contributed by atoms with Crippen LogP contribution in [0.1, 0.15) is 29.2 Å². The lowest BCUT2D eigenvalue weighted by Gasteiger charge is -2.13. The zero-order valence-corrected chi connectivity index (χ0v) is 16.4. The molecule has 5 heteroatoms. The lowest BCUT2D eigenvalue weighted by atomic mass is 10.0. The summed E-state index contributed by atoms with van der Waals surface area (Å²) in [4.78, 5) is 0. The summed E-state index contributed by atoms with van der Waals surface area (Å²) in [5.41, 5.74) is 2.91. The van der Waals surface area contributed by atoms with E-state index in [4.69, 9.17) is 9.47 Å². The molecule has 0 amide bonds. The number of rotatable bonds is 7. The van der Waals surface area contributed by atoms with Crippen molar-refractivity contribution in [3.8, 4) is 23.6 Å². The second-order valence-corrected chi connectivity index (χ2v) is 6.38. The predicted molar refractivity (Wildman–Crippen MR) is 113 cm³/mol. The molecule has 0 atom stereocenters. The molecule has 0 saturated carbocycles. The zero-order chi connectivity index (χ0) is 21.3. The molecular weight excluding hydrogens is 379 g/mol. The molecule has 4 nitrogen and oxygen atoms in total. The number of hydrogen-bond acceptors (Lipinski definition) is 4. The van der Waals surface area contributed by atoms with Crippen LogP contribution in [0.5, 0.6) is 11.5 Å². The Morgan fingerprint density at radius 2 is 1.80 bits per heavy atom. The molecule has 3 aromatic carbocycles. The van der Waals surface area contributed by atoms with E-state index in [0.29, 0.717) is 34.8 Å². The maximum absolute atomic E-state index is 13.5. The lowest BCUT2D eigenvalue weighted by molar-refractivity contribution is 0.269. The summed E-state index contributed by atoms with van der Waals surface area (Å²) in [5.74, 6) is 0.660. The lowest BCUT2D eigenvalue weighted by Crippen LogP contribution is -2.01. The quantitative estimate of drug-likeness (QED) is 0.376. The molecule has 0 aliphatic carbocycles. The molecule has 0 N–H and O–H groups in total. The highest BCUT2D eigenvalue weighted by Gasteiger charge is 2.09. The van der Waals surface area contributed by atoms with Gasteiger partial charge in [0.05, 0.1) is 29.9 Å². The molecule has 0 heterocycles. The van der Waals surface area contributed by atoms with Gasteiger partial charge in [0.15, 0.2) is 11.5 Å². The van der Waals surface area contributed by atoms with Crippen molar-refractivity contribution in [3.05, 3.63) is 94.8 Å². The Morgan fingerprint density at radius 1 is 0.967 bits per heavy atom. The standard InChI is InChI=1S/C25H19FN2O2/c1-2-29-25-13-18(12-22(16-28)19-8-5-9-23(26)14-19)10-11-24(25)30-17-21-7-4-3-6-20(21)15-27/h3-14H,2,17H2,1H3/b22-12-. The first-order valence-corrected chi connectivity index (χ1v) is 9.40. The van der Waals surface area contributed by atoms with Crippen LogP contribution in [0.15, 0.2) is 66.7 Å². The minimum absolute atomic E-state index is 0.228. The topological polar surface area (TPSA) is 66.0 Å². The van der Waals surface area contributed by atoms with E-state index in [-0.39, 0.29) is 6.61 Å². The summed E-state index contributed by atoms with van der Waals surface area (Å²) in [6.07, 6.45) is 1.67. The Kier molecular flexibility index (Phi) is 6.82. The van der Waals surface area contributed by atoms with E-state index in [0.717, 1.165) is 11.1 Å². The fraction of sp³-hybridized carbons (Fsp3) is 0.120. The normalized spacial score (nSPS) is 10.7. The smallest absolute Gasteiger partial charge is 0.161 e. The number of ether oxygens (including phenoxy) is 2. The van der Waals surface area contributed by atoms with E-state index in [1.807, 2.05) is 19.1 Å². The Bertz CT molecular complexity index is 1160. The van der Waals surface area contributed by atoms with Gasteiger partial charge in [-0.05, 0) is 54.5 Å². The van der Waals surface area contributed by atoms with Gasteiger partial charge in [0.25, 0.3) is 0 Å². The van der Waals surface area contributed by atoms with Gasteiger partial charge in [-0.2, -0.15) is 10.5 Å². The molecule has 3 aromatic rings. The highest BCUT2D eigenvalue weighted by atomic mass is 19.1. The van der Waals surface area contributed by atoms with E-state index in [2.05, 4.69) is 12.1 Å². The Hall–Kier alpha value is -4.09. The summed E-state index contributed by atoms with van der Waals surface area (Å²) in [5, 5.41) is 18.7. The fourth-order valence-electron chi connectivity index (χ4n) is 2.92. The second-order valence-electron chi connectivity index (χ2n) is 6.38. The average molecular weight is 398 g/mol. The van der Waals surface area contributed by atoms with Crippen LogP contribution in [0.2, 0.25) is 0 Å². The third-order valence-electron chi connectivity index (χ3n) is 4.36. The highest BCUT2D eigenvalue weighted by Crippen LogP contribution is 2.31. The monoisotopic (exact) mass is 398 g/mol. The van der Waals surface area contributed by atoms with Gasteiger partial charge in [0, 0.05) is 5.56 Å². The van der Waals surface area contributed by atoms with Crippen LogP contribution in [0.4, 0.5) is 4.39 Å². The SMILES string of the molecule is CCOc1cc(/C=C(/C#N)c2cccc(F)c2)ccc1OCc1ccccc1C#N. The van der Waals surface area contributed by atoms with Crippen molar-refractivity contribution in [2.24, 2.45) is 0 Å². The van der Waals surface area contributed by atoms with Gasteiger partial charge in [0.1, 0.15) is 12.4 Å². The van der Waals surface area contributed by atoms with Gasteiger partial charge in [0.2, 0.25) is 0 Å². The van der Waals surface area contributed by atoms with Crippen molar-refractivity contribution in [3.63, 3.8) is 0 Å². The van der Waals surface area contributed by atoms with Gasteiger partial charge in [-0.3, -0.25) is 0 Å². The van der Waals surface area contributed by atoms with Gasteiger partial charge >= 0.3 is 0 Å². The largest absolute Gasteiger partial charge is 0.490 e. The number of nitriles is 2. The molecule has 0 aliphatic heterocycles. The molecular formula is C25H19FN2O2. The van der Waals surface area contributed by atoms with Gasteiger partial charge < -0.3 is 9.47 Å². The van der Waals surface area contributed by atoms with Gasteiger partial charge in [-0.25, -0.2) is 4.39 Å². The maximum atomic E-state index is 13.5. The van der Waals surface area contributed by atoms with E-state index in [1.165, 1.54) is 12.1 Å². The minimum atomic E-state index is -0.398. The first-order valence-electron chi connectivity index (χ1n) is 9.40. The van der Waals surface area contributed by atoms with E-state index in [9.17, 15) is 14.9 Å². The van der Waals surface area contributed by atoms with Gasteiger partial charge in [-0.15, -0.1) is 0 Å². The van der Waals surface area contributed by atoms with Crippen LogP contribution in [-0.2, 0) is 6.61 Å². The van der Waals surface area contributed by atoms with E-state index < -0.39 is 5.82 Å². The highest BCUT2D eigenvalue weighted by molar-refractivity contribution is 5.89. The molecule has 0 fully saturated rings. The van der Waals surface area contributed by atoms with Crippen LogP contribution in [0.25, 0.3) is 11.6 Å². The van der Waals surface area contributed by atoms with Crippen LogP contribution >= 0.6 is 0 Å². The molecule has 0 aliphatic rings. The van der Waals surface area contributed by atoms with E-state index >= 15 is 0 Å². The molecule has 30 heavy (non-hydrogen) atoms. The van der Waals surface area contributed by atoms with Crippen LogP contribution in [0.3, 0.4) is 0 Å². The molecule has 0 saturated heterocycles. The van der Waals surface area contributed by atoms with Crippen molar-refractivity contribution in [2.75, 3.05) is 6.61 Å². The zero-order valence-electron chi connectivity index (χ0n) is 16.4. The van der Waals surface area contributed by atoms with Gasteiger partial charge in [-0.1, -0.05) is 36.4 Å². The predicted octanol–water partition coefficient (Wildman–Crippen LogP) is 5.74. The van der Waals surface area contributed by atoms with Crippen molar-refractivity contribution >= 4 is 11.6 Å². The fourth-order valence-corrected chi connectivity index (χ4v) is 2.92. The summed E-state index contributed by atoms with van der Waals surface area (Å²) < 4.78 is 25.1. The van der Waals surface area contributed by atoms with E-state index in [1.54, 1.807) is 48.5 Å². The molecule has 0 radical (unpaired) electrons. The molecule has 3 rings (SSSR count). The Morgan fingerprint density at radius 3 is 2.53 bits per heavy atom. The summed E-state index contributed by atoms with van der Waals surface area (Å²) in [7, 11) is 0. The molecule has 0 aromatic heterocycles. The minimum Gasteiger partial charge on any atom is -0.490 e. The first kappa shape index (κ1) is 20.6. The van der Waals surface area contributed by atoms with Crippen molar-refractivity contribution in [2.45, 2.75) is 13.5 Å². The van der Waals surface area contributed by atoms with Crippen LogP contribution in [-0.4, -0.2) is 6.61 Å². The number of halogens is 1. The summed E-state index contributed by atoms with van der Waals surface area (Å²) in [6.45, 7) is 2.53. The molecule has 148 valence electrons. The summed E-state index contributed by atoms with van der Waals surface area (Å²) >= 11 is 0. The number of hydrogen-bond donors (Lipinski definition) is 0. The first-order chi connectivity index (χ1) is 14.6. The summed E-state index contributed by atoms with van der Waals surface area (Å²) in [6, 6.07) is 22.7. The average Bonchev–Trinajstić information content (AvgIpc) is 2.77. The number of allylic oxidation sites excluding steroid dienone is 1. The maximum Gasteiger partial charge on any atom is 0.161 e. The Balaban J connectivity index is 1.88. The third-order valence-corrected chi connectivity index (χ3v) is 4.36. The Labute approximate surface area is 175 Å². The van der Waals surface area contributed by atoms with Crippen molar-refractivity contribution in [1.82, 2.24) is 0 Å². The third kappa shape index (κ3) is 5.04. The van der Waals surface area contributed by atoms with Crippen LogP contribution < -0.4 is 9.47 Å². The molecule has 0 unspecified atom stereocenters. The van der Waals surface area contributed by atoms with Crippen molar-refractivity contribution in [1.29, 1.82) is 10.5 Å². The molecule has 0 spiro atoms. The second kappa shape index (κ2) is 9.91. The van der Waals surface area contributed by atoms with Crippen LogP contribution in [0, 0.1) is 28.5 Å². The molecule has 0 bridgehead atoms. The van der Waals surface area contributed by atoms with Crippen molar-refractivity contribution < 1.29 is 13.9 Å². The number of nitrogens with zero attached hydrogens (tertiary/aromatic N) is 2.